The Morgan fingerprint density at radius 1 is 1.17 bits per heavy atom. The van der Waals surface area contributed by atoms with E-state index in [2.05, 4.69) is 19.3 Å². The van der Waals surface area contributed by atoms with Crippen molar-refractivity contribution in [3.63, 3.8) is 0 Å². The minimum absolute atomic E-state index is 0.164. The number of rotatable bonds is 6. The second-order valence-corrected chi connectivity index (χ2v) is 8.09. The molecule has 1 heterocycles. The maximum atomic E-state index is 13.3. The van der Waals surface area contributed by atoms with Crippen molar-refractivity contribution in [2.75, 3.05) is 12.0 Å². The smallest absolute Gasteiger partial charge is 0.270 e. The maximum Gasteiger partial charge on any atom is 0.270 e. The van der Waals surface area contributed by atoms with Gasteiger partial charge in [-0.2, -0.15) is 0 Å². The number of benzene rings is 2. The highest BCUT2D eigenvalue weighted by atomic mass is 35.5. The number of amides is 1. The molecule has 158 valence electrons. The fraction of sp³-hybridized carbons (Fsp3) is 0.333. The van der Waals surface area contributed by atoms with Crippen LogP contribution in [-0.2, 0) is 0 Å². The van der Waals surface area contributed by atoms with E-state index in [0.29, 0.717) is 23.0 Å². The molecule has 0 unspecified atom stereocenters. The van der Waals surface area contributed by atoms with Crippen molar-refractivity contribution in [2.45, 2.75) is 47.5 Å². The first-order chi connectivity index (χ1) is 14.2. The van der Waals surface area contributed by atoms with E-state index < -0.39 is 0 Å². The summed E-state index contributed by atoms with van der Waals surface area (Å²) < 4.78 is 7.43. The van der Waals surface area contributed by atoms with Gasteiger partial charge in [-0.05, 0) is 69.0 Å². The van der Waals surface area contributed by atoms with Gasteiger partial charge >= 0.3 is 0 Å². The molecule has 0 aliphatic carbocycles. The van der Waals surface area contributed by atoms with Gasteiger partial charge in [0.1, 0.15) is 5.75 Å². The molecule has 30 heavy (non-hydrogen) atoms. The lowest BCUT2D eigenvalue weighted by molar-refractivity contribution is 0.101. The lowest BCUT2D eigenvalue weighted by Gasteiger charge is -2.18. The summed E-state index contributed by atoms with van der Waals surface area (Å²) in [5.41, 5.74) is 8.01. The highest BCUT2D eigenvalue weighted by molar-refractivity contribution is 6.33. The van der Waals surface area contributed by atoms with E-state index in [4.69, 9.17) is 21.3 Å². The Balaban J connectivity index is 2.07. The van der Waals surface area contributed by atoms with Crippen LogP contribution in [0.5, 0.6) is 5.75 Å². The van der Waals surface area contributed by atoms with Gasteiger partial charge in [-0.3, -0.25) is 10.2 Å². The topological polar surface area (TPSA) is 56.1 Å². The second-order valence-electron chi connectivity index (χ2n) is 7.68. The third-order valence-electron chi connectivity index (χ3n) is 5.04. The summed E-state index contributed by atoms with van der Waals surface area (Å²) in [6, 6.07) is 11.3. The van der Waals surface area contributed by atoms with E-state index in [0.717, 1.165) is 33.8 Å². The Morgan fingerprint density at radius 2 is 1.87 bits per heavy atom. The zero-order valence-electron chi connectivity index (χ0n) is 18.3. The lowest BCUT2D eigenvalue weighted by Crippen LogP contribution is -2.26. The van der Waals surface area contributed by atoms with Crippen LogP contribution in [0.3, 0.4) is 0 Å². The first kappa shape index (κ1) is 21.9. The van der Waals surface area contributed by atoms with E-state index in [9.17, 15) is 4.79 Å². The molecular weight excluding hydrogens is 398 g/mol. The summed E-state index contributed by atoms with van der Waals surface area (Å²) in [5.74, 6) is 1.38. The quantitative estimate of drug-likeness (QED) is 0.524. The first-order valence-corrected chi connectivity index (χ1v) is 10.5. The largest absolute Gasteiger partial charge is 0.494 e. The number of ether oxygens (including phenoxy) is 1. The molecular formula is C24H28ClN3O2. The summed E-state index contributed by atoms with van der Waals surface area (Å²) in [5, 5.41) is 0.585. The van der Waals surface area contributed by atoms with Gasteiger partial charge < -0.3 is 4.74 Å². The van der Waals surface area contributed by atoms with Crippen molar-refractivity contribution in [3.8, 4) is 17.1 Å². The summed E-state index contributed by atoms with van der Waals surface area (Å²) in [7, 11) is 0. The van der Waals surface area contributed by atoms with Crippen LogP contribution in [0.4, 0.5) is 0 Å². The predicted molar refractivity (Wildman–Crippen MR) is 122 cm³/mol. The molecule has 0 radical (unpaired) electrons. The fourth-order valence-electron chi connectivity index (χ4n) is 3.66. The van der Waals surface area contributed by atoms with Gasteiger partial charge in [0.25, 0.3) is 5.91 Å². The summed E-state index contributed by atoms with van der Waals surface area (Å²) in [4.78, 5) is 18.0. The van der Waals surface area contributed by atoms with Crippen molar-refractivity contribution < 1.29 is 9.53 Å². The second kappa shape index (κ2) is 8.92. The Kier molecular flexibility index (Phi) is 6.52. The number of nitrogens with zero attached hydrogens (tertiary/aromatic N) is 2. The van der Waals surface area contributed by atoms with Crippen LogP contribution in [0.1, 0.15) is 59.6 Å². The molecule has 0 bridgehead atoms. The van der Waals surface area contributed by atoms with E-state index in [1.54, 1.807) is 4.68 Å². The number of imidazole rings is 1. The molecule has 0 saturated heterocycles. The summed E-state index contributed by atoms with van der Waals surface area (Å²) in [6.45, 7) is 12.5. The zero-order chi connectivity index (χ0) is 22.0. The number of aromatic nitrogens is 2. The Bertz CT molecular complexity index is 1090. The number of carbonyl (C=O) groups is 1. The van der Waals surface area contributed by atoms with Crippen molar-refractivity contribution >= 4 is 17.5 Å². The average Bonchev–Trinajstić information content (AvgIpc) is 3.00. The van der Waals surface area contributed by atoms with Crippen LogP contribution in [0.2, 0.25) is 5.02 Å². The lowest BCUT2D eigenvalue weighted by atomic mass is 10.0. The number of hydrogen-bond donors (Lipinski definition) is 1. The minimum Gasteiger partial charge on any atom is -0.494 e. The van der Waals surface area contributed by atoms with Crippen molar-refractivity contribution in [1.82, 2.24) is 9.66 Å². The summed E-state index contributed by atoms with van der Waals surface area (Å²) >= 11 is 6.44. The normalized spacial score (nSPS) is 11.1. The molecule has 5 nitrogen and oxygen atoms in total. The third kappa shape index (κ3) is 4.21. The van der Waals surface area contributed by atoms with Crippen LogP contribution in [0.25, 0.3) is 11.4 Å². The number of carbonyl (C=O) groups excluding carboxylic acids is 1. The standard InChI is InChI=1S/C24H28ClN3O2/c1-7-30-21-13-15(4)19(12-16(21)5)24(29)27-28-22(14(2)3)17(6)26-23(28)18-10-8-9-11-20(18)25/h8-14H,7H2,1-6H3,(H,27,29). The van der Waals surface area contributed by atoms with E-state index in [1.807, 2.05) is 64.1 Å². The van der Waals surface area contributed by atoms with Crippen LogP contribution in [0, 0.1) is 20.8 Å². The Labute approximate surface area is 183 Å². The average molecular weight is 426 g/mol. The van der Waals surface area contributed by atoms with Crippen LogP contribution in [-0.4, -0.2) is 22.2 Å². The summed E-state index contributed by atoms with van der Waals surface area (Å²) in [6.07, 6.45) is 0. The molecule has 1 N–H and O–H groups in total. The number of nitrogens with one attached hydrogen (secondary N) is 1. The number of halogens is 1. The van der Waals surface area contributed by atoms with Gasteiger partial charge in [0, 0.05) is 11.1 Å². The predicted octanol–water partition coefficient (Wildman–Crippen LogP) is 6.03. The van der Waals surface area contributed by atoms with Gasteiger partial charge in [-0.15, -0.1) is 0 Å². The van der Waals surface area contributed by atoms with Crippen LogP contribution < -0.4 is 10.2 Å². The van der Waals surface area contributed by atoms with E-state index in [-0.39, 0.29) is 11.8 Å². The third-order valence-corrected chi connectivity index (χ3v) is 5.37. The Hall–Kier alpha value is -2.79. The van der Waals surface area contributed by atoms with Gasteiger partial charge in [-0.1, -0.05) is 37.6 Å². The van der Waals surface area contributed by atoms with Gasteiger partial charge in [-0.25, -0.2) is 9.66 Å². The zero-order valence-corrected chi connectivity index (χ0v) is 19.1. The van der Waals surface area contributed by atoms with Gasteiger partial charge in [0.2, 0.25) is 0 Å². The molecule has 1 aromatic heterocycles. The van der Waals surface area contributed by atoms with E-state index in [1.165, 1.54) is 0 Å². The number of aryl methyl sites for hydroxylation is 3. The highest BCUT2D eigenvalue weighted by Crippen LogP contribution is 2.31. The number of hydrogen-bond acceptors (Lipinski definition) is 3. The SMILES string of the molecule is CCOc1cc(C)c(C(=O)Nn2c(-c3ccccc3Cl)nc(C)c2C(C)C)cc1C. The minimum atomic E-state index is -0.203. The first-order valence-electron chi connectivity index (χ1n) is 10.1. The van der Waals surface area contributed by atoms with E-state index >= 15 is 0 Å². The van der Waals surface area contributed by atoms with Crippen molar-refractivity contribution in [3.05, 3.63) is 69.5 Å². The van der Waals surface area contributed by atoms with Gasteiger partial charge in [0.15, 0.2) is 5.82 Å². The molecule has 0 spiro atoms. The highest BCUT2D eigenvalue weighted by Gasteiger charge is 2.22. The molecule has 0 aliphatic heterocycles. The van der Waals surface area contributed by atoms with Crippen LogP contribution >= 0.6 is 11.6 Å². The molecule has 3 aromatic rings. The fourth-order valence-corrected chi connectivity index (χ4v) is 3.88. The molecule has 6 heteroatoms. The van der Waals surface area contributed by atoms with Crippen molar-refractivity contribution in [2.24, 2.45) is 0 Å². The molecule has 0 atom stereocenters. The maximum absolute atomic E-state index is 13.3. The molecule has 0 fully saturated rings. The molecule has 0 aliphatic rings. The van der Waals surface area contributed by atoms with Crippen molar-refractivity contribution in [1.29, 1.82) is 0 Å². The Morgan fingerprint density at radius 3 is 2.50 bits per heavy atom. The molecule has 1 amide bonds. The molecule has 2 aromatic carbocycles. The molecule has 0 saturated carbocycles. The molecule has 3 rings (SSSR count). The monoisotopic (exact) mass is 425 g/mol. The van der Waals surface area contributed by atoms with Crippen LogP contribution in [0.15, 0.2) is 36.4 Å². The van der Waals surface area contributed by atoms with Gasteiger partial charge in [0.05, 0.1) is 23.0 Å².